The van der Waals surface area contributed by atoms with Gasteiger partial charge in [0, 0.05) is 17.2 Å². The summed E-state index contributed by atoms with van der Waals surface area (Å²) in [4.78, 5) is 22.0. The lowest BCUT2D eigenvalue weighted by Crippen LogP contribution is -2.39. The molecule has 114 valence electrons. The Bertz CT molecular complexity index is 642. The maximum absolute atomic E-state index is 11.6. The highest BCUT2D eigenvalue weighted by atomic mass is 35.5. The van der Waals surface area contributed by atoms with Gasteiger partial charge in [0.15, 0.2) is 0 Å². The first-order valence-electron chi connectivity index (χ1n) is 6.44. The van der Waals surface area contributed by atoms with Crippen LogP contribution in [-0.2, 0) is 22.2 Å². The lowest BCUT2D eigenvalue weighted by molar-refractivity contribution is -0.386. The lowest BCUT2D eigenvalue weighted by Gasteiger charge is -2.43. The molecule has 21 heavy (non-hydrogen) atoms. The average molecular weight is 331 g/mol. The predicted molar refractivity (Wildman–Crippen MR) is 77.1 cm³/mol. The second kappa shape index (κ2) is 5.82. The summed E-state index contributed by atoms with van der Waals surface area (Å²) in [7, 11) is 0. The van der Waals surface area contributed by atoms with Crippen molar-refractivity contribution >= 4 is 33.6 Å². The molecule has 0 heterocycles. The maximum atomic E-state index is 11.6. The fourth-order valence-corrected chi connectivity index (χ4v) is 3.79. The molecule has 0 radical (unpaired) electrons. The minimum atomic E-state index is -2.46. The zero-order valence-corrected chi connectivity index (χ0v) is 12.8. The molecule has 0 spiro atoms. The van der Waals surface area contributed by atoms with Crippen molar-refractivity contribution in [1.29, 1.82) is 0 Å². The van der Waals surface area contributed by atoms with E-state index >= 15 is 0 Å². The zero-order valence-electron chi connectivity index (χ0n) is 11.3. The Morgan fingerprint density at radius 3 is 2.43 bits per heavy atom. The number of hydrogen-bond acceptors (Lipinski definition) is 5. The molecule has 0 aromatic heterocycles. The van der Waals surface area contributed by atoms with Crippen molar-refractivity contribution in [2.24, 2.45) is 0 Å². The summed E-state index contributed by atoms with van der Waals surface area (Å²) in [5.74, 6) is 0. The fourth-order valence-electron chi connectivity index (χ4n) is 2.65. The summed E-state index contributed by atoms with van der Waals surface area (Å²) in [5.41, 5.74) is 0.374. The zero-order chi connectivity index (χ0) is 15.8. The van der Waals surface area contributed by atoms with Gasteiger partial charge in [-0.25, -0.2) is 0 Å². The van der Waals surface area contributed by atoms with Crippen molar-refractivity contribution in [2.45, 2.75) is 37.4 Å². The molecule has 1 atom stereocenters. The first-order chi connectivity index (χ1) is 9.83. The van der Waals surface area contributed by atoms with Gasteiger partial charge in [0.2, 0.25) is 0 Å². The molecule has 0 amide bonds. The summed E-state index contributed by atoms with van der Waals surface area (Å²) < 4.78 is 21.9. The summed E-state index contributed by atoms with van der Waals surface area (Å²) in [5, 5.41) is 10.5. The molecule has 1 aliphatic rings. The summed E-state index contributed by atoms with van der Waals surface area (Å²) in [6, 6.07) is 2.54. The maximum Gasteiger partial charge on any atom is 0.274 e. The van der Waals surface area contributed by atoms with Crippen LogP contribution in [-0.4, -0.2) is 18.9 Å². The second-order valence-corrected chi connectivity index (χ2v) is 6.59. The first-order valence-corrected chi connectivity index (χ1v) is 7.89. The van der Waals surface area contributed by atoms with Crippen LogP contribution in [0.4, 0.5) is 5.69 Å². The van der Waals surface area contributed by atoms with Gasteiger partial charge in [0.1, 0.15) is 0 Å². The van der Waals surface area contributed by atoms with E-state index in [0.717, 1.165) is 6.07 Å². The summed E-state index contributed by atoms with van der Waals surface area (Å²) in [6.45, 7) is 1.77. The molecule has 0 bridgehead atoms. The number of halogens is 1. The monoisotopic (exact) mass is 330 g/mol. The third kappa shape index (κ3) is 2.61. The molecule has 2 rings (SSSR count). The Labute approximate surface area is 128 Å². The summed E-state index contributed by atoms with van der Waals surface area (Å²) >= 11 is 3.00. The van der Waals surface area contributed by atoms with Crippen LogP contribution in [0.1, 0.15) is 47.7 Å². The van der Waals surface area contributed by atoms with E-state index < -0.39 is 26.0 Å². The molecule has 1 saturated carbocycles. The van der Waals surface area contributed by atoms with E-state index in [9.17, 15) is 23.7 Å². The van der Waals surface area contributed by atoms with Gasteiger partial charge in [-0.05, 0) is 60.0 Å². The van der Waals surface area contributed by atoms with Crippen molar-refractivity contribution in [1.82, 2.24) is 0 Å². The van der Waals surface area contributed by atoms with E-state index in [1.807, 2.05) is 0 Å². The molecule has 0 aliphatic heterocycles. The van der Waals surface area contributed by atoms with Gasteiger partial charge in [-0.1, -0.05) is 6.92 Å². The largest absolute Gasteiger partial charge is 0.772 e. The van der Waals surface area contributed by atoms with Crippen LogP contribution in [0.3, 0.4) is 0 Å². The number of benzene rings is 1. The molecule has 1 unspecified atom stereocenters. The number of nitro groups is 1. The Kier molecular flexibility index (Phi) is 4.46. The molecule has 1 fully saturated rings. The standard InChI is InChI=1S/C13H14ClNO5S/c1-2-8-6-10(13(21(19)20)4-3-5-13)11(15(17)18)7-9(8)12(14)16/h6-7H,2-5H2,1H3,(H,19,20)/p-1. The fraction of sp³-hybridized carbons (Fsp3) is 0.462. The Morgan fingerprint density at radius 1 is 1.48 bits per heavy atom. The Hall–Kier alpha value is -1.31. The second-order valence-electron chi connectivity index (χ2n) is 4.99. The van der Waals surface area contributed by atoms with Crippen LogP contribution >= 0.6 is 11.6 Å². The van der Waals surface area contributed by atoms with E-state index in [2.05, 4.69) is 0 Å². The van der Waals surface area contributed by atoms with Gasteiger partial charge in [0.05, 0.1) is 9.67 Å². The Balaban J connectivity index is 2.73. The number of carbonyl (C=O) groups is 1. The van der Waals surface area contributed by atoms with Crippen LogP contribution in [0.15, 0.2) is 12.1 Å². The van der Waals surface area contributed by atoms with Gasteiger partial charge < -0.3 is 4.55 Å². The van der Waals surface area contributed by atoms with Crippen molar-refractivity contribution < 1.29 is 18.5 Å². The minimum Gasteiger partial charge on any atom is -0.772 e. The van der Waals surface area contributed by atoms with Crippen LogP contribution in [0, 0.1) is 10.1 Å². The number of carbonyl (C=O) groups excluding carboxylic acids is 1. The van der Waals surface area contributed by atoms with Gasteiger partial charge in [-0.2, -0.15) is 0 Å². The minimum absolute atomic E-state index is 0.0563. The third-order valence-electron chi connectivity index (χ3n) is 3.98. The normalized spacial score (nSPS) is 17.9. The van der Waals surface area contributed by atoms with Gasteiger partial charge in [0.25, 0.3) is 10.9 Å². The average Bonchev–Trinajstić information content (AvgIpc) is 2.35. The molecule has 1 aromatic rings. The van der Waals surface area contributed by atoms with Crippen LogP contribution in [0.5, 0.6) is 0 Å². The van der Waals surface area contributed by atoms with E-state index in [1.165, 1.54) is 6.07 Å². The van der Waals surface area contributed by atoms with E-state index in [4.69, 9.17) is 11.6 Å². The van der Waals surface area contributed by atoms with Crippen molar-refractivity contribution in [3.8, 4) is 0 Å². The SMILES string of the molecule is CCc1cc(C2(S(=O)[O-])CCC2)c([N+](=O)[O-])cc1C(=O)Cl. The third-order valence-corrected chi connectivity index (χ3v) is 5.45. The first kappa shape index (κ1) is 16.1. The topological polar surface area (TPSA) is 100 Å². The number of hydrogen-bond donors (Lipinski definition) is 0. The van der Waals surface area contributed by atoms with Crippen molar-refractivity contribution in [3.63, 3.8) is 0 Å². The molecule has 6 nitrogen and oxygen atoms in total. The Morgan fingerprint density at radius 2 is 2.10 bits per heavy atom. The van der Waals surface area contributed by atoms with Crippen molar-refractivity contribution in [2.75, 3.05) is 0 Å². The molecule has 1 aromatic carbocycles. The highest BCUT2D eigenvalue weighted by Gasteiger charge is 2.45. The number of nitro benzene ring substituents is 1. The molecule has 1 aliphatic carbocycles. The molecule has 8 heteroatoms. The van der Waals surface area contributed by atoms with Crippen LogP contribution in [0.25, 0.3) is 0 Å². The summed E-state index contributed by atoms with van der Waals surface area (Å²) in [6.07, 6.45) is 1.83. The van der Waals surface area contributed by atoms with Crippen LogP contribution in [0.2, 0.25) is 0 Å². The van der Waals surface area contributed by atoms with Crippen LogP contribution < -0.4 is 0 Å². The van der Waals surface area contributed by atoms with E-state index in [1.54, 1.807) is 6.92 Å². The van der Waals surface area contributed by atoms with Gasteiger partial charge in [-0.3, -0.25) is 19.1 Å². The molecular formula is C13H13ClNO5S-. The van der Waals surface area contributed by atoms with E-state index in [-0.39, 0.29) is 16.8 Å². The molecule has 0 N–H and O–H groups in total. The number of aryl methyl sites for hydroxylation is 1. The lowest BCUT2D eigenvalue weighted by atomic mass is 9.77. The smallest absolute Gasteiger partial charge is 0.274 e. The predicted octanol–water partition coefficient (Wildman–Crippen LogP) is 2.79. The quantitative estimate of drug-likeness (QED) is 0.357. The molecule has 0 saturated heterocycles. The van der Waals surface area contributed by atoms with Gasteiger partial charge in [-0.15, -0.1) is 0 Å². The van der Waals surface area contributed by atoms with Crippen molar-refractivity contribution in [3.05, 3.63) is 38.9 Å². The highest BCUT2D eigenvalue weighted by Crippen LogP contribution is 2.49. The molecular weight excluding hydrogens is 318 g/mol. The number of nitrogens with zero attached hydrogens (tertiary/aromatic N) is 1. The number of rotatable bonds is 5. The van der Waals surface area contributed by atoms with Gasteiger partial charge >= 0.3 is 0 Å². The van der Waals surface area contributed by atoms with E-state index in [0.29, 0.717) is 31.2 Å². The highest BCUT2D eigenvalue weighted by molar-refractivity contribution is 7.80.